The first-order valence-corrected chi connectivity index (χ1v) is 11.2. The fourth-order valence-electron chi connectivity index (χ4n) is 4.67. The molecule has 0 bridgehead atoms. The molecule has 2 amide bonds. The normalized spacial score (nSPS) is 18.0. The van der Waals surface area contributed by atoms with Gasteiger partial charge in [0, 0.05) is 23.5 Å². The Morgan fingerprint density at radius 2 is 1.76 bits per heavy atom. The number of carbonyl (C=O) groups excluding carboxylic acids is 2. The van der Waals surface area contributed by atoms with Gasteiger partial charge in [-0.2, -0.15) is 0 Å². The van der Waals surface area contributed by atoms with Crippen LogP contribution in [-0.2, 0) is 0 Å². The van der Waals surface area contributed by atoms with Gasteiger partial charge in [-0.05, 0) is 55.9 Å². The van der Waals surface area contributed by atoms with Crippen molar-refractivity contribution in [1.82, 2.24) is 10.3 Å². The van der Waals surface area contributed by atoms with E-state index in [-0.39, 0.29) is 11.8 Å². The molecule has 1 saturated carbocycles. The molecule has 4 rings (SSSR count). The summed E-state index contributed by atoms with van der Waals surface area (Å²) in [4.78, 5) is 29.6. The highest BCUT2D eigenvalue weighted by atomic mass is 16.5. The second-order valence-electron chi connectivity index (χ2n) is 8.44. The van der Waals surface area contributed by atoms with Crippen LogP contribution < -0.4 is 20.5 Å². The molecule has 33 heavy (non-hydrogen) atoms. The fourth-order valence-corrected chi connectivity index (χ4v) is 4.67. The highest BCUT2D eigenvalue weighted by Crippen LogP contribution is 2.36. The van der Waals surface area contributed by atoms with Crippen molar-refractivity contribution in [3.05, 3.63) is 65.4 Å². The van der Waals surface area contributed by atoms with Crippen LogP contribution in [0.5, 0.6) is 11.5 Å². The summed E-state index contributed by atoms with van der Waals surface area (Å²) in [5.74, 6) is 1.03. The van der Waals surface area contributed by atoms with Crippen LogP contribution in [-0.4, -0.2) is 37.6 Å². The number of ether oxygens (including phenoxy) is 2. The van der Waals surface area contributed by atoms with Crippen LogP contribution >= 0.6 is 0 Å². The number of aromatic nitrogens is 1. The number of pyridine rings is 1. The number of benzene rings is 2. The van der Waals surface area contributed by atoms with E-state index in [9.17, 15) is 9.59 Å². The van der Waals surface area contributed by atoms with Crippen molar-refractivity contribution in [3.8, 4) is 11.5 Å². The van der Waals surface area contributed by atoms with Crippen LogP contribution in [0.15, 0.2) is 48.5 Å². The van der Waals surface area contributed by atoms with Crippen molar-refractivity contribution in [2.75, 3.05) is 20.8 Å². The molecule has 1 aliphatic carbocycles. The maximum atomic E-state index is 12.7. The minimum Gasteiger partial charge on any atom is -0.493 e. The summed E-state index contributed by atoms with van der Waals surface area (Å²) < 4.78 is 10.7. The third kappa shape index (κ3) is 4.77. The smallest absolute Gasteiger partial charge is 0.255 e. The maximum Gasteiger partial charge on any atom is 0.255 e. The predicted molar refractivity (Wildman–Crippen MR) is 127 cm³/mol. The number of hydrogen-bond donors (Lipinski definition) is 2. The Labute approximate surface area is 193 Å². The summed E-state index contributed by atoms with van der Waals surface area (Å²) in [5.41, 5.74) is 8.34. The number of nitrogens with two attached hydrogens (primary N) is 1. The van der Waals surface area contributed by atoms with Gasteiger partial charge in [-0.15, -0.1) is 0 Å². The van der Waals surface area contributed by atoms with E-state index >= 15 is 0 Å². The van der Waals surface area contributed by atoms with Crippen molar-refractivity contribution in [3.63, 3.8) is 0 Å². The van der Waals surface area contributed by atoms with E-state index in [2.05, 4.69) is 5.32 Å². The average Bonchev–Trinajstić information content (AvgIpc) is 2.86. The third-order valence-electron chi connectivity index (χ3n) is 6.47. The van der Waals surface area contributed by atoms with Crippen molar-refractivity contribution >= 4 is 22.7 Å². The molecule has 0 unspecified atom stereocenters. The maximum absolute atomic E-state index is 12.7. The van der Waals surface area contributed by atoms with Crippen molar-refractivity contribution in [2.45, 2.75) is 31.6 Å². The zero-order chi connectivity index (χ0) is 23.4. The monoisotopic (exact) mass is 447 g/mol. The molecular weight excluding hydrogens is 418 g/mol. The summed E-state index contributed by atoms with van der Waals surface area (Å²) in [6, 6.07) is 14.7. The number of hydrogen-bond acceptors (Lipinski definition) is 5. The van der Waals surface area contributed by atoms with Gasteiger partial charge < -0.3 is 20.5 Å². The number of fused-ring (bicyclic) bond motifs is 1. The first-order chi connectivity index (χ1) is 16.0. The van der Waals surface area contributed by atoms with E-state index in [1.165, 1.54) is 7.11 Å². The number of primary amides is 1. The second-order valence-corrected chi connectivity index (χ2v) is 8.44. The zero-order valence-electron chi connectivity index (χ0n) is 19.0. The largest absolute Gasteiger partial charge is 0.493 e. The number of carbonyl (C=O) groups is 2. The molecule has 7 heteroatoms. The summed E-state index contributed by atoms with van der Waals surface area (Å²) in [6.45, 7) is 0.601. The first-order valence-electron chi connectivity index (χ1n) is 11.2. The lowest BCUT2D eigenvalue weighted by molar-refractivity contribution is 0.0938. The molecule has 7 nitrogen and oxygen atoms in total. The van der Waals surface area contributed by atoms with Gasteiger partial charge in [0.05, 0.1) is 30.9 Å². The third-order valence-corrected chi connectivity index (χ3v) is 6.47. The Morgan fingerprint density at radius 1 is 1.00 bits per heavy atom. The number of nitrogens with zero attached hydrogens (tertiary/aromatic N) is 1. The molecule has 172 valence electrons. The predicted octanol–water partition coefficient (Wildman–Crippen LogP) is 4.05. The van der Waals surface area contributed by atoms with Gasteiger partial charge in [0.25, 0.3) is 5.91 Å². The van der Waals surface area contributed by atoms with Crippen LogP contribution in [0.3, 0.4) is 0 Å². The van der Waals surface area contributed by atoms with E-state index < -0.39 is 5.91 Å². The minimum absolute atomic E-state index is 0.171. The highest BCUT2D eigenvalue weighted by Gasteiger charge is 2.25. The molecule has 0 atom stereocenters. The molecule has 2 aromatic carbocycles. The second kappa shape index (κ2) is 9.90. The van der Waals surface area contributed by atoms with Crippen molar-refractivity contribution < 1.29 is 19.1 Å². The molecule has 1 aliphatic rings. The van der Waals surface area contributed by atoms with E-state index in [1.54, 1.807) is 25.3 Å². The van der Waals surface area contributed by atoms with E-state index in [4.69, 9.17) is 20.2 Å². The van der Waals surface area contributed by atoms with E-state index in [1.807, 2.05) is 30.3 Å². The molecule has 0 spiro atoms. The van der Waals surface area contributed by atoms with Gasteiger partial charge in [-0.1, -0.05) is 24.3 Å². The van der Waals surface area contributed by atoms with E-state index in [0.29, 0.717) is 35.1 Å². The van der Waals surface area contributed by atoms with Crippen LogP contribution in [0, 0.1) is 5.92 Å². The summed E-state index contributed by atoms with van der Waals surface area (Å²) in [7, 11) is 3.08. The van der Waals surface area contributed by atoms with E-state index in [0.717, 1.165) is 42.3 Å². The number of rotatable bonds is 7. The lowest BCUT2D eigenvalue weighted by Crippen LogP contribution is -2.31. The minimum atomic E-state index is -0.431. The number of amides is 2. The Bertz CT molecular complexity index is 1170. The Balaban J connectivity index is 1.39. The topological polar surface area (TPSA) is 104 Å². The van der Waals surface area contributed by atoms with Crippen LogP contribution in [0.2, 0.25) is 0 Å². The summed E-state index contributed by atoms with van der Waals surface area (Å²) in [5, 5.41) is 3.84. The molecule has 1 aromatic heterocycles. The highest BCUT2D eigenvalue weighted by molar-refractivity contribution is 6.05. The van der Waals surface area contributed by atoms with Gasteiger partial charge in [-0.3, -0.25) is 14.6 Å². The van der Waals surface area contributed by atoms with Gasteiger partial charge in [0.15, 0.2) is 11.5 Å². The SMILES string of the molecule is COc1cccc(C(=O)NCC2CCC(c3cc(C(N)=O)c4ccccc4n3)CC2)c1OC. The number of nitrogens with one attached hydrogen (secondary N) is 1. The van der Waals surface area contributed by atoms with Gasteiger partial charge in [0.1, 0.15) is 0 Å². The lowest BCUT2D eigenvalue weighted by atomic mass is 9.80. The number of para-hydroxylation sites is 2. The first kappa shape index (κ1) is 22.6. The summed E-state index contributed by atoms with van der Waals surface area (Å²) in [6.07, 6.45) is 3.85. The van der Waals surface area contributed by atoms with Crippen LogP contribution in [0.4, 0.5) is 0 Å². The van der Waals surface area contributed by atoms with Crippen molar-refractivity contribution in [2.24, 2.45) is 11.7 Å². The fraction of sp³-hybridized carbons (Fsp3) is 0.346. The zero-order valence-corrected chi connectivity index (χ0v) is 19.0. The molecule has 1 fully saturated rings. The molecular formula is C26H29N3O4. The quantitative estimate of drug-likeness (QED) is 0.569. The van der Waals surface area contributed by atoms with Gasteiger partial charge in [0.2, 0.25) is 5.91 Å². The lowest BCUT2D eigenvalue weighted by Gasteiger charge is -2.28. The molecule has 3 aromatic rings. The number of methoxy groups -OCH3 is 2. The van der Waals surface area contributed by atoms with Crippen molar-refractivity contribution in [1.29, 1.82) is 0 Å². The molecule has 0 saturated heterocycles. The Morgan fingerprint density at radius 3 is 2.45 bits per heavy atom. The molecule has 0 radical (unpaired) electrons. The van der Waals surface area contributed by atoms with Crippen LogP contribution in [0.1, 0.15) is 58.0 Å². The standard InChI is InChI=1S/C26H29N3O4/c1-32-23-9-5-7-19(24(23)33-2)26(31)28-15-16-10-12-17(13-11-16)22-14-20(25(27)30)18-6-3-4-8-21(18)29-22/h3-9,14,16-17H,10-13,15H2,1-2H3,(H2,27,30)(H,28,31). The molecule has 3 N–H and O–H groups in total. The van der Waals surface area contributed by atoms with Crippen LogP contribution in [0.25, 0.3) is 10.9 Å². The average molecular weight is 448 g/mol. The molecule has 0 aliphatic heterocycles. The summed E-state index contributed by atoms with van der Waals surface area (Å²) >= 11 is 0. The Hall–Kier alpha value is -3.61. The molecule has 1 heterocycles. The van der Waals surface area contributed by atoms with Gasteiger partial charge in [-0.25, -0.2) is 0 Å². The Kier molecular flexibility index (Phi) is 6.77. The van der Waals surface area contributed by atoms with Gasteiger partial charge >= 0.3 is 0 Å².